The zero-order valence-electron chi connectivity index (χ0n) is 17.0. The van der Waals surface area contributed by atoms with Crippen LogP contribution in [0.3, 0.4) is 0 Å². The Balaban J connectivity index is 1.68. The van der Waals surface area contributed by atoms with E-state index in [4.69, 9.17) is 4.74 Å². The summed E-state index contributed by atoms with van der Waals surface area (Å²) in [7, 11) is 1.78. The van der Waals surface area contributed by atoms with Gasteiger partial charge in [-0.05, 0) is 17.4 Å². The molecule has 0 aliphatic carbocycles. The molecule has 6 nitrogen and oxygen atoms in total. The van der Waals surface area contributed by atoms with E-state index in [9.17, 15) is 0 Å². The molecular weight excluding hydrogens is 338 g/mol. The first-order chi connectivity index (χ1) is 13.1. The molecule has 0 aliphatic rings. The highest BCUT2D eigenvalue weighted by Crippen LogP contribution is 2.04. The molecule has 0 bridgehead atoms. The number of guanidine groups is 1. The second-order valence-corrected chi connectivity index (χ2v) is 7.30. The number of rotatable bonds is 10. The molecule has 0 aliphatic heterocycles. The van der Waals surface area contributed by atoms with Gasteiger partial charge in [-0.15, -0.1) is 0 Å². The van der Waals surface area contributed by atoms with Gasteiger partial charge in [0.15, 0.2) is 5.96 Å². The van der Waals surface area contributed by atoms with E-state index in [0.717, 1.165) is 24.9 Å². The molecular formula is C21H33N5O. The lowest BCUT2D eigenvalue weighted by molar-refractivity contribution is 0.0931. The fraction of sp³-hybridized carbons (Fsp3) is 0.524. The van der Waals surface area contributed by atoms with E-state index in [2.05, 4.69) is 58.1 Å². The minimum absolute atomic E-state index is 0.384. The molecule has 0 amide bonds. The third kappa shape index (κ3) is 7.83. The van der Waals surface area contributed by atoms with Crippen LogP contribution in [-0.2, 0) is 24.4 Å². The van der Waals surface area contributed by atoms with Gasteiger partial charge in [0, 0.05) is 32.5 Å². The monoisotopic (exact) mass is 371 g/mol. The molecule has 1 aromatic carbocycles. The van der Waals surface area contributed by atoms with Gasteiger partial charge in [-0.3, -0.25) is 4.99 Å². The first-order valence-corrected chi connectivity index (χ1v) is 9.64. The SMILES string of the molecule is CN=C(NCc1nccn1CC(C)C)NCC(C)COCc1ccccc1. The van der Waals surface area contributed by atoms with Crippen molar-refractivity contribution in [1.82, 2.24) is 20.2 Å². The number of aromatic nitrogens is 2. The molecule has 0 saturated carbocycles. The third-order valence-corrected chi connectivity index (χ3v) is 4.13. The van der Waals surface area contributed by atoms with Crippen LogP contribution in [0.1, 0.15) is 32.2 Å². The Morgan fingerprint density at radius 3 is 2.67 bits per heavy atom. The van der Waals surface area contributed by atoms with Crippen molar-refractivity contribution in [3.05, 3.63) is 54.1 Å². The molecule has 6 heteroatoms. The molecule has 1 atom stereocenters. The third-order valence-electron chi connectivity index (χ3n) is 4.13. The van der Waals surface area contributed by atoms with E-state index < -0.39 is 0 Å². The van der Waals surface area contributed by atoms with Gasteiger partial charge in [0.05, 0.1) is 19.8 Å². The Morgan fingerprint density at radius 2 is 1.96 bits per heavy atom. The van der Waals surface area contributed by atoms with Crippen LogP contribution in [0.25, 0.3) is 0 Å². The second kappa shape index (κ2) is 11.4. The lowest BCUT2D eigenvalue weighted by Gasteiger charge is -2.17. The highest BCUT2D eigenvalue weighted by atomic mass is 16.5. The molecule has 2 rings (SSSR count). The fourth-order valence-corrected chi connectivity index (χ4v) is 2.73. The molecule has 2 N–H and O–H groups in total. The normalized spacial score (nSPS) is 13.0. The molecule has 148 valence electrons. The molecule has 2 aromatic rings. The topological polar surface area (TPSA) is 63.5 Å². The van der Waals surface area contributed by atoms with Gasteiger partial charge in [0.1, 0.15) is 5.82 Å². The summed E-state index contributed by atoms with van der Waals surface area (Å²) in [6.45, 7) is 10.4. The van der Waals surface area contributed by atoms with E-state index in [0.29, 0.717) is 31.6 Å². The van der Waals surface area contributed by atoms with Crippen molar-refractivity contribution in [2.45, 2.75) is 40.5 Å². The van der Waals surface area contributed by atoms with Crippen molar-refractivity contribution >= 4 is 5.96 Å². The summed E-state index contributed by atoms with van der Waals surface area (Å²) < 4.78 is 7.99. The average molecular weight is 372 g/mol. The number of hydrogen-bond acceptors (Lipinski definition) is 3. The Hall–Kier alpha value is -2.34. The molecule has 0 spiro atoms. The Bertz CT molecular complexity index is 681. The van der Waals surface area contributed by atoms with Crippen molar-refractivity contribution in [3.8, 4) is 0 Å². The number of hydrogen-bond donors (Lipinski definition) is 2. The summed E-state index contributed by atoms with van der Waals surface area (Å²) in [5.41, 5.74) is 1.20. The minimum Gasteiger partial charge on any atom is -0.376 e. The molecule has 0 radical (unpaired) electrons. The van der Waals surface area contributed by atoms with E-state index >= 15 is 0 Å². The van der Waals surface area contributed by atoms with Crippen LogP contribution in [0.2, 0.25) is 0 Å². The largest absolute Gasteiger partial charge is 0.376 e. The maximum atomic E-state index is 5.81. The summed E-state index contributed by atoms with van der Waals surface area (Å²) in [4.78, 5) is 8.73. The lowest BCUT2D eigenvalue weighted by atomic mass is 10.2. The average Bonchev–Trinajstić information content (AvgIpc) is 3.09. The van der Waals surface area contributed by atoms with Gasteiger partial charge in [-0.25, -0.2) is 4.98 Å². The molecule has 1 unspecified atom stereocenters. The van der Waals surface area contributed by atoms with Gasteiger partial charge in [-0.2, -0.15) is 0 Å². The van der Waals surface area contributed by atoms with Gasteiger partial charge < -0.3 is 19.9 Å². The Morgan fingerprint density at radius 1 is 1.19 bits per heavy atom. The Labute approximate surface area is 163 Å². The van der Waals surface area contributed by atoms with E-state index in [1.165, 1.54) is 5.56 Å². The lowest BCUT2D eigenvalue weighted by Crippen LogP contribution is -2.40. The molecule has 1 heterocycles. The smallest absolute Gasteiger partial charge is 0.191 e. The highest BCUT2D eigenvalue weighted by Gasteiger charge is 2.08. The maximum Gasteiger partial charge on any atom is 0.191 e. The van der Waals surface area contributed by atoms with Crippen LogP contribution in [0, 0.1) is 11.8 Å². The van der Waals surface area contributed by atoms with Crippen LogP contribution in [0.15, 0.2) is 47.7 Å². The number of aliphatic imine (C=N–C) groups is 1. The van der Waals surface area contributed by atoms with Gasteiger partial charge in [-0.1, -0.05) is 51.1 Å². The quantitative estimate of drug-likeness (QED) is 0.498. The molecule has 27 heavy (non-hydrogen) atoms. The maximum absolute atomic E-state index is 5.81. The first kappa shape index (κ1) is 21.0. The van der Waals surface area contributed by atoms with Crippen LogP contribution in [0.4, 0.5) is 0 Å². The summed E-state index contributed by atoms with van der Waals surface area (Å²) in [5, 5.41) is 6.70. The summed E-state index contributed by atoms with van der Waals surface area (Å²) >= 11 is 0. The number of nitrogens with one attached hydrogen (secondary N) is 2. The van der Waals surface area contributed by atoms with Crippen molar-refractivity contribution in [2.75, 3.05) is 20.2 Å². The second-order valence-electron chi connectivity index (χ2n) is 7.30. The van der Waals surface area contributed by atoms with Crippen LogP contribution < -0.4 is 10.6 Å². The van der Waals surface area contributed by atoms with E-state index in [1.807, 2.05) is 30.6 Å². The minimum atomic E-state index is 0.384. The van der Waals surface area contributed by atoms with Crippen molar-refractivity contribution in [1.29, 1.82) is 0 Å². The molecule has 0 fully saturated rings. The predicted molar refractivity (Wildman–Crippen MR) is 111 cm³/mol. The number of nitrogens with zero attached hydrogens (tertiary/aromatic N) is 3. The Kier molecular flexibility index (Phi) is 8.84. The highest BCUT2D eigenvalue weighted by molar-refractivity contribution is 5.79. The number of ether oxygens (including phenoxy) is 1. The zero-order chi connectivity index (χ0) is 19.5. The van der Waals surface area contributed by atoms with Crippen LogP contribution in [0.5, 0.6) is 0 Å². The van der Waals surface area contributed by atoms with Gasteiger partial charge in [0.2, 0.25) is 0 Å². The molecule has 0 saturated heterocycles. The van der Waals surface area contributed by atoms with Crippen molar-refractivity contribution in [3.63, 3.8) is 0 Å². The standard InChI is InChI=1S/C21H33N5O/c1-17(2)14-26-11-10-23-20(26)13-25-21(22-4)24-12-18(3)15-27-16-19-8-6-5-7-9-19/h5-11,17-18H,12-16H2,1-4H3,(H2,22,24,25). The zero-order valence-corrected chi connectivity index (χ0v) is 17.0. The first-order valence-electron chi connectivity index (χ1n) is 9.64. The number of imidazole rings is 1. The summed E-state index contributed by atoms with van der Waals surface area (Å²) in [5.74, 6) is 2.78. The van der Waals surface area contributed by atoms with Crippen LogP contribution >= 0.6 is 0 Å². The van der Waals surface area contributed by atoms with E-state index in [-0.39, 0.29) is 0 Å². The van der Waals surface area contributed by atoms with Crippen molar-refractivity contribution < 1.29 is 4.74 Å². The van der Waals surface area contributed by atoms with Crippen LogP contribution in [-0.4, -0.2) is 35.7 Å². The fourth-order valence-electron chi connectivity index (χ4n) is 2.73. The number of benzene rings is 1. The molecule has 1 aromatic heterocycles. The summed E-state index contributed by atoms with van der Waals surface area (Å²) in [6, 6.07) is 10.2. The predicted octanol–water partition coefficient (Wildman–Crippen LogP) is 3.06. The van der Waals surface area contributed by atoms with Gasteiger partial charge in [0.25, 0.3) is 0 Å². The van der Waals surface area contributed by atoms with E-state index in [1.54, 1.807) is 7.05 Å². The van der Waals surface area contributed by atoms with Gasteiger partial charge >= 0.3 is 0 Å². The van der Waals surface area contributed by atoms with Crippen molar-refractivity contribution in [2.24, 2.45) is 16.8 Å². The summed E-state index contributed by atoms with van der Waals surface area (Å²) in [6.07, 6.45) is 3.88.